The monoisotopic (exact) mass is 271 g/mol. The molecule has 98 valence electrons. The van der Waals surface area contributed by atoms with Crippen molar-refractivity contribution < 1.29 is 4.42 Å². The third-order valence-electron chi connectivity index (χ3n) is 3.46. The predicted molar refractivity (Wildman–Crippen MR) is 81.6 cm³/mol. The van der Waals surface area contributed by atoms with Gasteiger partial charge in [0.05, 0.1) is 6.04 Å². The van der Waals surface area contributed by atoms with E-state index in [0.717, 1.165) is 23.5 Å². The second-order valence-electron chi connectivity index (χ2n) is 4.62. The number of furan rings is 1. The van der Waals surface area contributed by atoms with E-state index in [-0.39, 0.29) is 0 Å². The summed E-state index contributed by atoms with van der Waals surface area (Å²) in [5.74, 6) is 1.95. The molecule has 3 aromatic rings. The number of hydrogen-bond acceptors (Lipinski definition) is 3. The average molecular weight is 271 g/mol. The molecule has 3 rings (SSSR count). The van der Waals surface area contributed by atoms with Crippen LogP contribution in [0, 0.1) is 0 Å². The van der Waals surface area contributed by atoms with Gasteiger partial charge in [0.2, 0.25) is 0 Å². The first-order chi connectivity index (χ1) is 9.31. The zero-order valence-corrected chi connectivity index (χ0v) is 12.0. The minimum absolute atomic E-state index is 0.290. The molecule has 0 saturated carbocycles. The Kier molecular flexibility index (Phi) is 3.40. The van der Waals surface area contributed by atoms with E-state index in [1.165, 1.54) is 10.1 Å². The van der Waals surface area contributed by atoms with E-state index >= 15 is 0 Å². The molecule has 2 nitrogen and oxygen atoms in total. The van der Waals surface area contributed by atoms with Crippen molar-refractivity contribution in [2.24, 2.45) is 0 Å². The van der Waals surface area contributed by atoms with E-state index in [4.69, 9.17) is 4.42 Å². The molecular formula is C16H17NOS. The Morgan fingerprint density at radius 2 is 2.11 bits per heavy atom. The van der Waals surface area contributed by atoms with Crippen molar-refractivity contribution >= 4 is 21.4 Å². The van der Waals surface area contributed by atoms with Gasteiger partial charge in [-0.2, -0.15) is 0 Å². The van der Waals surface area contributed by atoms with Gasteiger partial charge in [0.15, 0.2) is 0 Å². The zero-order valence-electron chi connectivity index (χ0n) is 11.1. The van der Waals surface area contributed by atoms with Crippen LogP contribution in [0.1, 0.15) is 25.1 Å². The Labute approximate surface area is 117 Å². The van der Waals surface area contributed by atoms with Crippen LogP contribution in [0.4, 0.5) is 0 Å². The van der Waals surface area contributed by atoms with Crippen LogP contribution in [-0.2, 0) is 0 Å². The molecule has 1 aromatic carbocycles. The molecular weight excluding hydrogens is 254 g/mol. The quantitative estimate of drug-likeness (QED) is 0.735. The van der Waals surface area contributed by atoms with Crippen LogP contribution in [0.3, 0.4) is 0 Å². The number of benzene rings is 1. The van der Waals surface area contributed by atoms with Gasteiger partial charge in [0.25, 0.3) is 0 Å². The zero-order chi connectivity index (χ0) is 13.2. The predicted octanol–water partition coefficient (Wildman–Crippen LogP) is 4.83. The van der Waals surface area contributed by atoms with E-state index < -0.39 is 0 Å². The van der Waals surface area contributed by atoms with E-state index in [9.17, 15) is 0 Å². The molecule has 0 aliphatic heterocycles. The summed E-state index contributed by atoms with van der Waals surface area (Å²) in [6.07, 6.45) is 1.02. The third kappa shape index (κ3) is 2.31. The maximum Gasteiger partial charge on any atom is 0.134 e. The van der Waals surface area contributed by atoms with E-state index in [0.29, 0.717) is 6.04 Å². The van der Waals surface area contributed by atoms with E-state index in [1.807, 2.05) is 7.05 Å². The van der Waals surface area contributed by atoms with Crippen LogP contribution in [-0.4, -0.2) is 7.05 Å². The minimum Gasteiger partial charge on any atom is -0.459 e. The maximum atomic E-state index is 5.98. The Balaban J connectivity index is 1.97. The summed E-state index contributed by atoms with van der Waals surface area (Å²) in [5.41, 5.74) is 1.14. The van der Waals surface area contributed by atoms with Crippen LogP contribution in [0.2, 0.25) is 0 Å². The summed E-state index contributed by atoms with van der Waals surface area (Å²) in [7, 11) is 1.97. The number of hydrogen-bond donors (Lipinski definition) is 1. The highest BCUT2D eigenvalue weighted by Gasteiger charge is 2.12. The molecule has 0 bridgehead atoms. The molecule has 19 heavy (non-hydrogen) atoms. The summed E-state index contributed by atoms with van der Waals surface area (Å²) >= 11 is 1.77. The number of rotatable bonds is 4. The molecule has 1 atom stereocenters. The van der Waals surface area contributed by atoms with Crippen molar-refractivity contribution in [2.75, 3.05) is 7.05 Å². The van der Waals surface area contributed by atoms with Gasteiger partial charge in [-0.25, -0.2) is 0 Å². The molecule has 3 heteroatoms. The Bertz CT molecular complexity index is 679. The Morgan fingerprint density at radius 1 is 1.21 bits per heavy atom. The van der Waals surface area contributed by atoms with Gasteiger partial charge in [0, 0.05) is 10.3 Å². The van der Waals surface area contributed by atoms with Crippen molar-refractivity contribution in [3.8, 4) is 11.3 Å². The number of fused-ring (bicyclic) bond motifs is 1. The Hall–Kier alpha value is -1.58. The van der Waals surface area contributed by atoms with Crippen molar-refractivity contribution in [2.45, 2.75) is 19.4 Å². The standard InChI is InChI=1S/C16H17NOS/c1-3-13(17-2)15-6-5-14(18-15)11-4-7-16-12(10-11)8-9-19-16/h4-10,13,17H,3H2,1-2H3. The lowest BCUT2D eigenvalue weighted by Gasteiger charge is -2.09. The highest BCUT2D eigenvalue weighted by molar-refractivity contribution is 7.17. The molecule has 0 aliphatic carbocycles. The van der Waals surface area contributed by atoms with E-state index in [1.54, 1.807) is 11.3 Å². The molecule has 0 radical (unpaired) electrons. The van der Waals surface area contributed by atoms with Gasteiger partial charge in [0.1, 0.15) is 11.5 Å². The first-order valence-electron chi connectivity index (χ1n) is 6.56. The molecule has 1 unspecified atom stereocenters. The van der Waals surface area contributed by atoms with E-state index in [2.05, 4.69) is 54.0 Å². The molecule has 0 aliphatic rings. The fourth-order valence-corrected chi connectivity index (χ4v) is 3.13. The van der Waals surface area contributed by atoms with Gasteiger partial charge in [-0.15, -0.1) is 11.3 Å². The average Bonchev–Trinajstić information content (AvgIpc) is 3.08. The first-order valence-corrected chi connectivity index (χ1v) is 7.44. The number of nitrogens with one attached hydrogen (secondary N) is 1. The van der Waals surface area contributed by atoms with Gasteiger partial charge in [-0.05, 0) is 60.6 Å². The minimum atomic E-state index is 0.290. The van der Waals surface area contributed by atoms with Gasteiger partial charge >= 0.3 is 0 Å². The molecule has 0 amide bonds. The van der Waals surface area contributed by atoms with Crippen molar-refractivity contribution in [1.29, 1.82) is 0 Å². The Morgan fingerprint density at radius 3 is 2.89 bits per heavy atom. The fourth-order valence-electron chi connectivity index (χ4n) is 2.36. The maximum absolute atomic E-state index is 5.98. The number of thiophene rings is 1. The normalized spacial score (nSPS) is 12.9. The van der Waals surface area contributed by atoms with Crippen LogP contribution in [0.5, 0.6) is 0 Å². The second kappa shape index (κ2) is 5.19. The largest absolute Gasteiger partial charge is 0.459 e. The molecule has 0 spiro atoms. The highest BCUT2D eigenvalue weighted by atomic mass is 32.1. The highest BCUT2D eigenvalue weighted by Crippen LogP contribution is 2.30. The lowest BCUT2D eigenvalue weighted by molar-refractivity contribution is 0.431. The van der Waals surface area contributed by atoms with Crippen LogP contribution in [0.15, 0.2) is 46.2 Å². The smallest absolute Gasteiger partial charge is 0.134 e. The molecule has 2 heterocycles. The summed E-state index contributed by atoms with van der Waals surface area (Å²) in [6.45, 7) is 2.15. The fraction of sp³-hybridized carbons (Fsp3) is 0.250. The van der Waals surface area contributed by atoms with Crippen LogP contribution in [0.25, 0.3) is 21.4 Å². The van der Waals surface area contributed by atoms with Crippen molar-refractivity contribution in [1.82, 2.24) is 5.32 Å². The summed E-state index contributed by atoms with van der Waals surface area (Å²) in [5, 5.41) is 6.67. The lowest BCUT2D eigenvalue weighted by Crippen LogP contribution is -2.14. The van der Waals surface area contributed by atoms with Gasteiger partial charge in [-0.1, -0.05) is 6.92 Å². The van der Waals surface area contributed by atoms with Crippen LogP contribution >= 0.6 is 11.3 Å². The molecule has 0 saturated heterocycles. The molecule has 1 N–H and O–H groups in total. The second-order valence-corrected chi connectivity index (χ2v) is 5.57. The molecule has 2 aromatic heterocycles. The lowest BCUT2D eigenvalue weighted by atomic mass is 10.1. The topological polar surface area (TPSA) is 25.2 Å². The van der Waals surface area contributed by atoms with Crippen molar-refractivity contribution in [3.63, 3.8) is 0 Å². The molecule has 0 fully saturated rings. The summed E-state index contributed by atoms with van der Waals surface area (Å²) < 4.78 is 7.30. The SMILES string of the molecule is CCC(NC)c1ccc(-c2ccc3sccc3c2)o1. The van der Waals surface area contributed by atoms with Gasteiger partial charge in [-0.3, -0.25) is 0 Å². The van der Waals surface area contributed by atoms with Crippen LogP contribution < -0.4 is 5.32 Å². The van der Waals surface area contributed by atoms with Gasteiger partial charge < -0.3 is 9.73 Å². The summed E-state index contributed by atoms with van der Waals surface area (Å²) in [4.78, 5) is 0. The summed E-state index contributed by atoms with van der Waals surface area (Å²) in [6, 6.07) is 13.0. The third-order valence-corrected chi connectivity index (χ3v) is 4.36. The van der Waals surface area contributed by atoms with Crippen molar-refractivity contribution in [3.05, 3.63) is 47.5 Å². The first kappa shape index (κ1) is 12.5.